The summed E-state index contributed by atoms with van der Waals surface area (Å²) < 4.78 is 26.5. The highest BCUT2D eigenvalue weighted by Crippen LogP contribution is 2.17. The molecule has 0 spiro atoms. The lowest BCUT2D eigenvalue weighted by molar-refractivity contribution is -0.134. The fourth-order valence-electron chi connectivity index (χ4n) is 2.73. The number of rotatable bonds is 5. The van der Waals surface area contributed by atoms with Crippen LogP contribution in [0.25, 0.3) is 0 Å². The number of hydrogen-bond acceptors (Lipinski definition) is 4. The number of amides is 1. The lowest BCUT2D eigenvalue weighted by atomic mass is 10.0. The van der Waals surface area contributed by atoms with Crippen LogP contribution in [0.1, 0.15) is 20.3 Å². The van der Waals surface area contributed by atoms with Gasteiger partial charge in [0.25, 0.3) is 0 Å². The van der Waals surface area contributed by atoms with Crippen molar-refractivity contribution in [1.29, 1.82) is 0 Å². The van der Waals surface area contributed by atoms with E-state index < -0.39 is 16.1 Å². The van der Waals surface area contributed by atoms with Gasteiger partial charge >= 0.3 is 0 Å². The zero-order valence-corrected chi connectivity index (χ0v) is 15.7. The Balaban J connectivity index is 0.00000288. The predicted octanol–water partition coefficient (Wildman–Crippen LogP) is 1.31. The summed E-state index contributed by atoms with van der Waals surface area (Å²) in [7, 11) is -3.49. The maximum absolute atomic E-state index is 12.5. The summed E-state index contributed by atoms with van der Waals surface area (Å²) in [4.78, 5) is 14.3. The highest BCUT2D eigenvalue weighted by molar-refractivity contribution is 7.89. The Labute approximate surface area is 150 Å². The van der Waals surface area contributed by atoms with Gasteiger partial charge in [-0.2, -0.15) is 4.31 Å². The number of benzene rings is 1. The summed E-state index contributed by atoms with van der Waals surface area (Å²) in [6.07, 6.45) is 0.640. The van der Waals surface area contributed by atoms with Crippen LogP contribution in [0.15, 0.2) is 35.2 Å². The van der Waals surface area contributed by atoms with Gasteiger partial charge in [-0.05, 0) is 24.5 Å². The van der Waals surface area contributed by atoms with Crippen LogP contribution in [-0.2, 0) is 14.8 Å². The Hall–Kier alpha value is -1.15. The van der Waals surface area contributed by atoms with E-state index in [2.05, 4.69) is 0 Å². The smallest absolute Gasteiger partial charge is 0.243 e. The molecule has 0 aromatic heterocycles. The Morgan fingerprint density at radius 2 is 1.67 bits per heavy atom. The third kappa shape index (κ3) is 4.92. The van der Waals surface area contributed by atoms with Crippen molar-refractivity contribution in [2.24, 2.45) is 11.7 Å². The van der Waals surface area contributed by atoms with Crippen LogP contribution in [-0.4, -0.2) is 55.8 Å². The van der Waals surface area contributed by atoms with Crippen molar-refractivity contribution < 1.29 is 13.2 Å². The van der Waals surface area contributed by atoms with Gasteiger partial charge in [0.15, 0.2) is 0 Å². The molecule has 1 fully saturated rings. The highest BCUT2D eigenvalue weighted by Gasteiger charge is 2.31. The lowest BCUT2D eigenvalue weighted by Crippen LogP contribution is -2.54. The normalized spacial score (nSPS) is 17.4. The second-order valence-corrected chi connectivity index (χ2v) is 8.22. The zero-order valence-electron chi connectivity index (χ0n) is 14.1. The Morgan fingerprint density at radius 1 is 1.12 bits per heavy atom. The fourth-order valence-corrected chi connectivity index (χ4v) is 4.18. The maximum atomic E-state index is 12.5. The summed E-state index contributed by atoms with van der Waals surface area (Å²) >= 11 is 0. The van der Waals surface area contributed by atoms with Gasteiger partial charge in [-0.3, -0.25) is 4.79 Å². The second-order valence-electron chi connectivity index (χ2n) is 6.28. The van der Waals surface area contributed by atoms with Gasteiger partial charge in [-0.25, -0.2) is 8.42 Å². The molecule has 1 heterocycles. The third-order valence-corrected chi connectivity index (χ3v) is 5.89. The summed E-state index contributed by atoms with van der Waals surface area (Å²) in [5.74, 6) is 0.268. The van der Waals surface area contributed by atoms with E-state index in [0.717, 1.165) is 0 Å². The minimum absolute atomic E-state index is 0. The molecule has 1 atom stereocenters. The van der Waals surface area contributed by atoms with Crippen molar-refractivity contribution in [3.05, 3.63) is 30.3 Å². The Bertz CT molecular complexity index is 629. The number of carbonyl (C=O) groups excluding carboxylic acids is 1. The largest absolute Gasteiger partial charge is 0.339 e. The van der Waals surface area contributed by atoms with E-state index in [-0.39, 0.29) is 23.2 Å². The van der Waals surface area contributed by atoms with Gasteiger partial charge in [-0.1, -0.05) is 32.0 Å². The molecule has 1 aliphatic rings. The molecule has 0 radical (unpaired) electrons. The summed E-state index contributed by atoms with van der Waals surface area (Å²) in [5, 5.41) is 0. The van der Waals surface area contributed by atoms with Crippen molar-refractivity contribution >= 4 is 28.3 Å². The quantitative estimate of drug-likeness (QED) is 0.841. The molecule has 1 aromatic rings. The molecule has 2 N–H and O–H groups in total. The Kier molecular flexibility index (Phi) is 7.66. The average Bonchev–Trinajstić information content (AvgIpc) is 2.54. The molecule has 0 aliphatic carbocycles. The van der Waals surface area contributed by atoms with E-state index in [4.69, 9.17) is 5.73 Å². The molecule has 6 nitrogen and oxygen atoms in total. The molecule has 0 unspecified atom stereocenters. The monoisotopic (exact) mass is 375 g/mol. The minimum atomic E-state index is -3.49. The van der Waals surface area contributed by atoms with Crippen LogP contribution >= 0.6 is 12.4 Å². The molecule has 1 amide bonds. The number of hydrogen-bond donors (Lipinski definition) is 1. The van der Waals surface area contributed by atoms with Crippen molar-refractivity contribution in [2.45, 2.75) is 31.2 Å². The topological polar surface area (TPSA) is 83.7 Å². The molecule has 1 saturated heterocycles. The molecular weight excluding hydrogens is 350 g/mol. The van der Waals surface area contributed by atoms with Gasteiger partial charge in [0.1, 0.15) is 0 Å². The zero-order chi connectivity index (χ0) is 17.0. The van der Waals surface area contributed by atoms with Crippen molar-refractivity contribution in [3.63, 3.8) is 0 Å². The molecule has 0 saturated carbocycles. The standard InChI is InChI=1S/C16H25N3O3S.ClH/c1-13(2)12-15(17)16(20)18-8-10-19(11-9-18)23(21,22)14-6-4-3-5-7-14;/h3-7,13,15H,8-12,17H2,1-2H3;1H/t15-;/m0./s1. The highest BCUT2D eigenvalue weighted by atomic mass is 35.5. The molecule has 136 valence electrons. The van der Waals surface area contributed by atoms with E-state index in [1.807, 2.05) is 13.8 Å². The SMILES string of the molecule is CC(C)C[C@H](N)C(=O)N1CCN(S(=O)(=O)c2ccccc2)CC1.Cl. The number of nitrogens with zero attached hydrogens (tertiary/aromatic N) is 2. The first-order valence-electron chi connectivity index (χ1n) is 7.92. The number of sulfonamides is 1. The van der Waals surface area contributed by atoms with Gasteiger partial charge in [-0.15, -0.1) is 12.4 Å². The van der Waals surface area contributed by atoms with Gasteiger partial charge in [0.2, 0.25) is 15.9 Å². The first-order valence-corrected chi connectivity index (χ1v) is 9.36. The van der Waals surface area contributed by atoms with Crippen LogP contribution < -0.4 is 5.73 Å². The first kappa shape index (κ1) is 20.9. The second kappa shape index (κ2) is 8.80. The molecule has 24 heavy (non-hydrogen) atoms. The van der Waals surface area contributed by atoms with Crippen LogP contribution in [0.2, 0.25) is 0 Å². The van der Waals surface area contributed by atoms with Crippen LogP contribution in [0.4, 0.5) is 0 Å². The molecule has 1 aromatic carbocycles. The van der Waals surface area contributed by atoms with E-state index in [1.54, 1.807) is 35.2 Å². The van der Waals surface area contributed by atoms with Gasteiger partial charge in [0, 0.05) is 26.2 Å². The minimum Gasteiger partial charge on any atom is -0.339 e. The summed E-state index contributed by atoms with van der Waals surface area (Å²) in [6.45, 7) is 5.43. The predicted molar refractivity (Wildman–Crippen MR) is 96.5 cm³/mol. The average molecular weight is 376 g/mol. The van der Waals surface area contributed by atoms with Crippen LogP contribution in [0.5, 0.6) is 0 Å². The molecule has 2 rings (SSSR count). The van der Waals surface area contributed by atoms with Crippen LogP contribution in [0.3, 0.4) is 0 Å². The van der Waals surface area contributed by atoms with Crippen molar-refractivity contribution in [3.8, 4) is 0 Å². The van der Waals surface area contributed by atoms with Crippen molar-refractivity contribution in [2.75, 3.05) is 26.2 Å². The fraction of sp³-hybridized carbons (Fsp3) is 0.562. The molecule has 0 bridgehead atoms. The third-order valence-electron chi connectivity index (χ3n) is 3.97. The lowest BCUT2D eigenvalue weighted by Gasteiger charge is -2.35. The van der Waals surface area contributed by atoms with E-state index >= 15 is 0 Å². The van der Waals surface area contributed by atoms with E-state index in [0.29, 0.717) is 38.5 Å². The molecular formula is C16H26ClN3O3S. The van der Waals surface area contributed by atoms with Crippen LogP contribution in [0, 0.1) is 5.92 Å². The number of carbonyl (C=O) groups is 1. The number of nitrogens with two attached hydrogens (primary N) is 1. The van der Waals surface area contributed by atoms with Gasteiger partial charge < -0.3 is 10.6 Å². The van der Waals surface area contributed by atoms with Crippen molar-refractivity contribution in [1.82, 2.24) is 9.21 Å². The maximum Gasteiger partial charge on any atom is 0.243 e. The van der Waals surface area contributed by atoms with E-state index in [1.165, 1.54) is 4.31 Å². The number of halogens is 1. The molecule has 8 heteroatoms. The van der Waals surface area contributed by atoms with E-state index in [9.17, 15) is 13.2 Å². The molecule has 1 aliphatic heterocycles. The Morgan fingerprint density at radius 3 is 2.17 bits per heavy atom. The number of piperazine rings is 1. The summed E-state index contributed by atoms with van der Waals surface area (Å²) in [5.41, 5.74) is 5.94. The van der Waals surface area contributed by atoms with Gasteiger partial charge in [0.05, 0.1) is 10.9 Å². The first-order chi connectivity index (χ1) is 10.8. The summed E-state index contributed by atoms with van der Waals surface area (Å²) in [6, 6.07) is 7.87.